The monoisotopic (exact) mass is 447 g/mol. The molecule has 4 nitrogen and oxygen atoms in total. The Hall–Kier alpha value is -1.78. The van der Waals surface area contributed by atoms with E-state index in [1.807, 2.05) is 6.08 Å². The Labute approximate surface area is 192 Å². The van der Waals surface area contributed by atoms with Crippen LogP contribution in [0, 0.1) is 24.2 Å². The third kappa shape index (κ3) is 5.18. The number of methoxy groups -OCH3 is 1. The molecular weight excluding hydrogens is 410 g/mol. The lowest BCUT2D eigenvalue weighted by Crippen LogP contribution is -2.48. The summed E-state index contributed by atoms with van der Waals surface area (Å²) in [5.74, 6) is 1.51. The van der Waals surface area contributed by atoms with Crippen molar-refractivity contribution in [3.05, 3.63) is 45.5 Å². The summed E-state index contributed by atoms with van der Waals surface area (Å²) >= 11 is 6.39. The second kappa shape index (κ2) is 10.7. The molecule has 1 unspecified atom stereocenters. The van der Waals surface area contributed by atoms with Crippen molar-refractivity contribution in [3.8, 4) is 11.5 Å². The predicted molar refractivity (Wildman–Crippen MR) is 130 cm³/mol. The minimum atomic E-state index is -0.0586. The first-order valence-corrected chi connectivity index (χ1v) is 11.6. The molecule has 1 aromatic carbocycles. The van der Waals surface area contributed by atoms with Gasteiger partial charge in [0.2, 0.25) is 0 Å². The highest BCUT2D eigenvalue weighted by Gasteiger charge is 2.42. The molecule has 5 heteroatoms. The highest BCUT2D eigenvalue weighted by atomic mass is 35.5. The van der Waals surface area contributed by atoms with E-state index in [0.29, 0.717) is 52.5 Å². The van der Waals surface area contributed by atoms with Crippen molar-refractivity contribution in [1.82, 2.24) is 5.32 Å². The van der Waals surface area contributed by atoms with E-state index in [0.717, 1.165) is 12.1 Å². The van der Waals surface area contributed by atoms with Gasteiger partial charge in [-0.3, -0.25) is 4.79 Å². The van der Waals surface area contributed by atoms with Gasteiger partial charge in [0.15, 0.2) is 6.29 Å². The normalized spacial score (nSPS) is 27.0. The van der Waals surface area contributed by atoms with Crippen LogP contribution in [0.3, 0.4) is 0 Å². The number of halogens is 1. The van der Waals surface area contributed by atoms with Crippen LogP contribution in [0.2, 0.25) is 5.02 Å². The topological polar surface area (TPSA) is 58.6 Å². The van der Waals surface area contributed by atoms with Gasteiger partial charge in [0.05, 0.1) is 17.7 Å². The SMILES string of the molecule is CCNC1CC[C@@H](C)[C@](C)(/C=C/C(C)=C/Cc2c(O)c(C=O)c(C)c(Cl)c2OC)[C@H]1C. The average molecular weight is 448 g/mol. The molecule has 0 radical (unpaired) electrons. The van der Waals surface area contributed by atoms with Crippen molar-refractivity contribution in [2.75, 3.05) is 13.7 Å². The summed E-state index contributed by atoms with van der Waals surface area (Å²) in [6.45, 7) is 14.0. The number of benzene rings is 1. The highest BCUT2D eigenvalue weighted by molar-refractivity contribution is 6.33. The van der Waals surface area contributed by atoms with Gasteiger partial charge in [-0.05, 0) is 62.5 Å². The zero-order valence-corrected chi connectivity index (χ0v) is 20.8. The van der Waals surface area contributed by atoms with E-state index < -0.39 is 0 Å². The Bertz CT molecular complexity index is 861. The molecule has 1 aliphatic rings. The number of ether oxygens (including phenoxy) is 1. The Balaban J connectivity index is 2.30. The van der Waals surface area contributed by atoms with Gasteiger partial charge in [0.25, 0.3) is 0 Å². The van der Waals surface area contributed by atoms with Crippen molar-refractivity contribution in [2.24, 2.45) is 17.3 Å². The highest BCUT2D eigenvalue weighted by Crippen LogP contribution is 2.46. The fraction of sp³-hybridized carbons (Fsp3) is 0.577. The van der Waals surface area contributed by atoms with E-state index in [1.165, 1.54) is 20.0 Å². The molecule has 31 heavy (non-hydrogen) atoms. The molecule has 0 bridgehead atoms. The quantitative estimate of drug-likeness (QED) is 0.364. The third-order valence-electron chi connectivity index (χ3n) is 7.43. The molecule has 2 rings (SSSR count). The molecule has 0 aliphatic heterocycles. The van der Waals surface area contributed by atoms with Crippen LogP contribution in [0.25, 0.3) is 0 Å². The van der Waals surface area contributed by atoms with Crippen LogP contribution in [0.4, 0.5) is 0 Å². The number of nitrogens with one attached hydrogen (secondary N) is 1. The number of hydrogen-bond donors (Lipinski definition) is 2. The van der Waals surface area contributed by atoms with E-state index >= 15 is 0 Å². The lowest BCUT2D eigenvalue weighted by molar-refractivity contribution is 0.0802. The summed E-state index contributed by atoms with van der Waals surface area (Å²) in [6.07, 6.45) is 10.1. The number of phenols is 1. The number of allylic oxidation sites excluding steroid dienone is 4. The number of aromatic hydroxyl groups is 1. The summed E-state index contributed by atoms with van der Waals surface area (Å²) in [6, 6.07) is 0.540. The molecule has 0 amide bonds. The van der Waals surface area contributed by atoms with Crippen molar-refractivity contribution >= 4 is 17.9 Å². The van der Waals surface area contributed by atoms with E-state index in [-0.39, 0.29) is 16.7 Å². The Morgan fingerprint density at radius 2 is 2.03 bits per heavy atom. The maximum atomic E-state index is 11.4. The second-order valence-corrected chi connectivity index (χ2v) is 9.49. The molecule has 0 spiro atoms. The van der Waals surface area contributed by atoms with Crippen molar-refractivity contribution in [2.45, 2.75) is 66.8 Å². The number of hydrogen-bond acceptors (Lipinski definition) is 4. The molecule has 2 N–H and O–H groups in total. The van der Waals surface area contributed by atoms with Gasteiger partial charge in [0, 0.05) is 11.6 Å². The summed E-state index contributed by atoms with van der Waals surface area (Å²) in [4.78, 5) is 11.4. The molecular formula is C26H38ClNO3. The minimum absolute atomic E-state index is 0.0586. The molecule has 0 heterocycles. The molecule has 4 atom stereocenters. The number of phenolic OH excluding ortho intramolecular Hbond substituents is 1. The Morgan fingerprint density at radius 3 is 2.61 bits per heavy atom. The molecule has 172 valence electrons. The van der Waals surface area contributed by atoms with Gasteiger partial charge in [0.1, 0.15) is 11.5 Å². The Morgan fingerprint density at radius 1 is 1.35 bits per heavy atom. The molecule has 0 aromatic heterocycles. The fourth-order valence-corrected chi connectivity index (χ4v) is 5.08. The van der Waals surface area contributed by atoms with Crippen LogP contribution in [-0.2, 0) is 6.42 Å². The smallest absolute Gasteiger partial charge is 0.154 e. The first-order valence-electron chi connectivity index (χ1n) is 11.2. The van der Waals surface area contributed by atoms with Gasteiger partial charge >= 0.3 is 0 Å². The first kappa shape index (κ1) is 25.5. The third-order valence-corrected chi connectivity index (χ3v) is 7.88. The van der Waals surface area contributed by atoms with Crippen molar-refractivity contribution < 1.29 is 14.6 Å². The van der Waals surface area contributed by atoms with Crippen LogP contribution in [0.15, 0.2) is 23.8 Å². The Kier molecular flexibility index (Phi) is 8.79. The van der Waals surface area contributed by atoms with Gasteiger partial charge in [-0.2, -0.15) is 0 Å². The number of rotatable bonds is 8. The minimum Gasteiger partial charge on any atom is -0.507 e. The number of carbonyl (C=O) groups excluding carboxylic acids is 1. The second-order valence-electron chi connectivity index (χ2n) is 9.11. The standard InChI is InChI=1S/C26H38ClNO3/c1-8-28-22-12-10-17(3)26(6,19(22)5)14-13-16(2)9-11-20-24(30)21(15-29)18(4)23(27)25(20)31-7/h9,13-15,17,19,22,28,30H,8,10-12H2,1-7H3/b14-13+,16-9+/t17-,19+,22?,26+/m1/s1. The number of carbonyl (C=O) groups is 1. The fourth-order valence-electron chi connectivity index (χ4n) is 4.79. The van der Waals surface area contributed by atoms with E-state index in [4.69, 9.17) is 16.3 Å². The molecule has 1 aromatic rings. The maximum Gasteiger partial charge on any atom is 0.154 e. The predicted octanol–water partition coefficient (Wildman–Crippen LogP) is 6.27. The van der Waals surface area contributed by atoms with Crippen molar-refractivity contribution in [1.29, 1.82) is 0 Å². The average Bonchev–Trinajstić information content (AvgIpc) is 2.75. The molecule has 0 saturated heterocycles. The zero-order chi connectivity index (χ0) is 23.3. The van der Waals surface area contributed by atoms with E-state index in [9.17, 15) is 9.90 Å². The lowest BCUT2D eigenvalue weighted by Gasteiger charge is -2.47. The number of aldehydes is 1. The van der Waals surface area contributed by atoms with Gasteiger partial charge < -0.3 is 15.2 Å². The maximum absolute atomic E-state index is 11.4. The first-order chi connectivity index (χ1) is 14.6. The summed E-state index contributed by atoms with van der Waals surface area (Å²) in [5, 5.41) is 14.6. The molecule has 1 aliphatic carbocycles. The van der Waals surface area contributed by atoms with E-state index in [1.54, 1.807) is 6.92 Å². The molecule has 1 saturated carbocycles. The van der Waals surface area contributed by atoms with E-state index in [2.05, 4.69) is 52.1 Å². The van der Waals surface area contributed by atoms with Crippen LogP contribution >= 0.6 is 11.6 Å². The van der Waals surface area contributed by atoms with Gasteiger partial charge in [-0.25, -0.2) is 0 Å². The molecule has 1 fully saturated rings. The van der Waals surface area contributed by atoms with Gasteiger partial charge in [-0.15, -0.1) is 0 Å². The van der Waals surface area contributed by atoms with Crippen LogP contribution in [0.1, 0.15) is 68.9 Å². The van der Waals surface area contributed by atoms with Crippen LogP contribution in [-0.4, -0.2) is 31.1 Å². The van der Waals surface area contributed by atoms with Crippen LogP contribution < -0.4 is 10.1 Å². The summed E-state index contributed by atoms with van der Waals surface area (Å²) in [7, 11) is 1.52. The zero-order valence-electron chi connectivity index (χ0n) is 20.0. The largest absolute Gasteiger partial charge is 0.507 e. The van der Waals surface area contributed by atoms with Crippen LogP contribution in [0.5, 0.6) is 11.5 Å². The van der Waals surface area contributed by atoms with Gasteiger partial charge in [-0.1, -0.05) is 63.1 Å². The summed E-state index contributed by atoms with van der Waals surface area (Å²) < 4.78 is 5.44. The summed E-state index contributed by atoms with van der Waals surface area (Å²) in [5.41, 5.74) is 2.48. The van der Waals surface area contributed by atoms with Crippen molar-refractivity contribution in [3.63, 3.8) is 0 Å². The lowest BCUT2D eigenvalue weighted by atomic mass is 9.60.